The Hall–Kier alpha value is -0.580. The van der Waals surface area contributed by atoms with E-state index in [4.69, 9.17) is 22.4 Å². The highest BCUT2D eigenvalue weighted by Crippen LogP contribution is 2.22. The fraction of sp³-hybridized carbons (Fsp3) is 0.300. The van der Waals surface area contributed by atoms with Gasteiger partial charge in [-0.15, -0.1) is 0 Å². The molecule has 0 amide bonds. The average Bonchev–Trinajstić information content (AvgIpc) is 2.10. The lowest BCUT2D eigenvalue weighted by Crippen LogP contribution is -2.26. The van der Waals surface area contributed by atoms with Crippen LogP contribution in [0.15, 0.2) is 22.7 Å². The van der Waals surface area contributed by atoms with Gasteiger partial charge in [-0.2, -0.15) is 0 Å². The molecule has 1 atom stereocenters. The zero-order valence-electron chi connectivity index (χ0n) is 7.91. The molecular formula is C10H11BrClNO2. The highest BCUT2D eigenvalue weighted by molar-refractivity contribution is 9.10. The molecule has 0 heterocycles. The Kier molecular flexibility index (Phi) is 4.57. The number of carboxylic acid groups (broad SMARTS) is 1. The third-order valence-electron chi connectivity index (χ3n) is 1.93. The Morgan fingerprint density at radius 2 is 2.27 bits per heavy atom. The summed E-state index contributed by atoms with van der Waals surface area (Å²) in [6.07, 6.45) is 0.451. The molecule has 0 bridgehead atoms. The monoisotopic (exact) mass is 291 g/mol. The van der Waals surface area contributed by atoms with Crippen LogP contribution in [0.1, 0.15) is 12.0 Å². The Labute approximate surface area is 101 Å². The summed E-state index contributed by atoms with van der Waals surface area (Å²) >= 11 is 9.19. The molecule has 1 unspecified atom stereocenters. The van der Waals surface area contributed by atoms with Crippen molar-refractivity contribution in [3.05, 3.63) is 33.3 Å². The van der Waals surface area contributed by atoms with E-state index in [0.717, 1.165) is 10.0 Å². The second-order valence-corrected chi connectivity index (χ2v) is 4.59. The van der Waals surface area contributed by atoms with Crippen molar-refractivity contribution in [1.82, 2.24) is 0 Å². The van der Waals surface area contributed by atoms with Gasteiger partial charge in [0.1, 0.15) is 0 Å². The Morgan fingerprint density at radius 1 is 1.60 bits per heavy atom. The second-order valence-electron chi connectivity index (χ2n) is 3.30. The van der Waals surface area contributed by atoms with E-state index in [9.17, 15) is 4.79 Å². The highest BCUT2D eigenvalue weighted by atomic mass is 79.9. The van der Waals surface area contributed by atoms with E-state index in [0.29, 0.717) is 11.4 Å². The van der Waals surface area contributed by atoms with E-state index in [1.54, 1.807) is 12.1 Å². The van der Waals surface area contributed by atoms with Crippen LogP contribution < -0.4 is 5.73 Å². The van der Waals surface area contributed by atoms with Gasteiger partial charge in [0, 0.05) is 15.5 Å². The molecule has 0 aliphatic carbocycles. The van der Waals surface area contributed by atoms with Crippen molar-refractivity contribution < 1.29 is 9.90 Å². The number of hydrogen-bond donors (Lipinski definition) is 2. The summed E-state index contributed by atoms with van der Waals surface area (Å²) in [5.41, 5.74) is 6.61. The van der Waals surface area contributed by atoms with E-state index in [1.165, 1.54) is 0 Å². The molecule has 1 aromatic carbocycles. The second kappa shape index (κ2) is 5.49. The number of carbonyl (C=O) groups is 1. The van der Waals surface area contributed by atoms with Crippen LogP contribution in [0, 0.1) is 0 Å². The molecule has 0 saturated heterocycles. The topological polar surface area (TPSA) is 63.3 Å². The van der Waals surface area contributed by atoms with Gasteiger partial charge in [-0.1, -0.05) is 27.5 Å². The third-order valence-corrected chi connectivity index (χ3v) is 2.94. The summed E-state index contributed by atoms with van der Waals surface area (Å²) < 4.78 is 0.896. The molecule has 0 radical (unpaired) electrons. The van der Waals surface area contributed by atoms with Crippen molar-refractivity contribution in [3.8, 4) is 0 Å². The van der Waals surface area contributed by atoms with Crippen LogP contribution in [0.5, 0.6) is 0 Å². The summed E-state index contributed by atoms with van der Waals surface area (Å²) in [7, 11) is 0. The van der Waals surface area contributed by atoms with Crippen molar-refractivity contribution in [1.29, 1.82) is 0 Å². The Bertz CT molecular complexity index is 370. The molecular weight excluding hydrogens is 281 g/mol. The SMILES string of the molecule is NC(CC(=O)O)Cc1cc(Cl)ccc1Br. The zero-order chi connectivity index (χ0) is 11.4. The molecule has 0 aromatic heterocycles. The Morgan fingerprint density at radius 3 is 2.87 bits per heavy atom. The fourth-order valence-corrected chi connectivity index (χ4v) is 1.88. The average molecular weight is 293 g/mol. The highest BCUT2D eigenvalue weighted by Gasteiger charge is 2.11. The summed E-state index contributed by atoms with van der Waals surface area (Å²) in [6, 6.07) is 4.98. The van der Waals surface area contributed by atoms with Crippen LogP contribution in [0.4, 0.5) is 0 Å². The zero-order valence-corrected chi connectivity index (χ0v) is 10.3. The quantitative estimate of drug-likeness (QED) is 0.896. The van der Waals surface area contributed by atoms with Gasteiger partial charge in [0.2, 0.25) is 0 Å². The van der Waals surface area contributed by atoms with E-state index in [-0.39, 0.29) is 6.42 Å². The van der Waals surface area contributed by atoms with Gasteiger partial charge in [-0.3, -0.25) is 4.79 Å². The smallest absolute Gasteiger partial charge is 0.304 e. The van der Waals surface area contributed by atoms with E-state index in [1.807, 2.05) is 6.07 Å². The predicted molar refractivity (Wildman–Crippen MR) is 63.1 cm³/mol. The van der Waals surface area contributed by atoms with E-state index >= 15 is 0 Å². The minimum Gasteiger partial charge on any atom is -0.481 e. The molecule has 0 spiro atoms. The van der Waals surface area contributed by atoms with Crippen molar-refractivity contribution >= 4 is 33.5 Å². The normalized spacial score (nSPS) is 12.5. The first-order chi connectivity index (χ1) is 6.99. The van der Waals surface area contributed by atoms with Gasteiger partial charge >= 0.3 is 5.97 Å². The largest absolute Gasteiger partial charge is 0.481 e. The van der Waals surface area contributed by atoms with Crippen LogP contribution in [-0.2, 0) is 11.2 Å². The van der Waals surface area contributed by atoms with E-state index in [2.05, 4.69) is 15.9 Å². The van der Waals surface area contributed by atoms with Gasteiger partial charge in [0.25, 0.3) is 0 Å². The van der Waals surface area contributed by atoms with Crippen LogP contribution in [-0.4, -0.2) is 17.1 Å². The van der Waals surface area contributed by atoms with Crippen molar-refractivity contribution in [2.75, 3.05) is 0 Å². The molecule has 3 nitrogen and oxygen atoms in total. The van der Waals surface area contributed by atoms with Gasteiger partial charge in [-0.05, 0) is 30.2 Å². The number of nitrogens with two attached hydrogens (primary N) is 1. The lowest BCUT2D eigenvalue weighted by atomic mass is 10.0. The van der Waals surface area contributed by atoms with Crippen molar-refractivity contribution in [2.24, 2.45) is 5.73 Å². The lowest BCUT2D eigenvalue weighted by Gasteiger charge is -2.10. The number of aliphatic carboxylic acids is 1. The molecule has 1 rings (SSSR count). The predicted octanol–water partition coefficient (Wildman–Crippen LogP) is 2.45. The first kappa shape index (κ1) is 12.5. The molecule has 82 valence electrons. The van der Waals surface area contributed by atoms with Gasteiger partial charge in [0.05, 0.1) is 6.42 Å². The molecule has 0 saturated carbocycles. The van der Waals surface area contributed by atoms with Gasteiger partial charge in [-0.25, -0.2) is 0 Å². The van der Waals surface area contributed by atoms with Gasteiger partial charge in [0.15, 0.2) is 0 Å². The maximum absolute atomic E-state index is 10.4. The first-order valence-electron chi connectivity index (χ1n) is 4.40. The molecule has 0 aliphatic rings. The molecule has 15 heavy (non-hydrogen) atoms. The minimum absolute atomic E-state index is 0.0427. The van der Waals surface area contributed by atoms with Crippen molar-refractivity contribution in [3.63, 3.8) is 0 Å². The van der Waals surface area contributed by atoms with Crippen LogP contribution in [0.2, 0.25) is 5.02 Å². The number of halogens is 2. The number of hydrogen-bond acceptors (Lipinski definition) is 2. The van der Waals surface area contributed by atoms with Gasteiger partial charge < -0.3 is 10.8 Å². The summed E-state index contributed by atoms with van der Waals surface area (Å²) in [5.74, 6) is -0.888. The van der Waals surface area contributed by atoms with Crippen molar-refractivity contribution in [2.45, 2.75) is 18.9 Å². The number of rotatable bonds is 4. The maximum Gasteiger partial charge on any atom is 0.304 e. The summed E-state index contributed by atoms with van der Waals surface area (Å²) in [6.45, 7) is 0. The molecule has 0 fully saturated rings. The molecule has 3 N–H and O–H groups in total. The molecule has 5 heteroatoms. The van der Waals surface area contributed by atoms with Crippen LogP contribution in [0.25, 0.3) is 0 Å². The summed E-state index contributed by atoms with van der Waals surface area (Å²) in [4.78, 5) is 10.4. The Balaban J connectivity index is 2.71. The maximum atomic E-state index is 10.4. The standard InChI is InChI=1S/C10H11BrClNO2/c11-9-2-1-7(12)3-6(9)4-8(13)5-10(14)15/h1-3,8H,4-5,13H2,(H,14,15). The van der Waals surface area contributed by atoms with Crippen LogP contribution in [0.3, 0.4) is 0 Å². The molecule has 0 aliphatic heterocycles. The lowest BCUT2D eigenvalue weighted by molar-refractivity contribution is -0.137. The molecule has 1 aromatic rings. The van der Waals surface area contributed by atoms with E-state index < -0.39 is 12.0 Å². The number of carboxylic acids is 1. The van der Waals surface area contributed by atoms with Crippen LogP contribution >= 0.6 is 27.5 Å². The first-order valence-corrected chi connectivity index (χ1v) is 5.57. The number of benzene rings is 1. The summed E-state index contributed by atoms with van der Waals surface area (Å²) in [5, 5.41) is 9.19. The third kappa shape index (κ3) is 4.20. The minimum atomic E-state index is -0.888. The fourth-order valence-electron chi connectivity index (χ4n) is 1.28.